The van der Waals surface area contributed by atoms with Gasteiger partial charge >= 0.3 is 6.18 Å². The van der Waals surface area contributed by atoms with Crippen LogP contribution >= 0.6 is 0 Å². The first-order valence-electron chi connectivity index (χ1n) is 6.98. The Bertz CT molecular complexity index is 837. The third-order valence-electron chi connectivity index (χ3n) is 3.73. The van der Waals surface area contributed by atoms with E-state index in [4.69, 9.17) is 0 Å². The highest BCUT2D eigenvalue weighted by molar-refractivity contribution is 6.01. The molecule has 0 fully saturated rings. The van der Waals surface area contributed by atoms with Crippen LogP contribution in [0.4, 0.5) is 27.6 Å². The molecule has 2 aromatic rings. The number of quaternary nitrogens is 1. The fourth-order valence-electron chi connectivity index (χ4n) is 2.56. The molecule has 2 aromatic carbocycles. The van der Waals surface area contributed by atoms with Gasteiger partial charge in [-0.2, -0.15) is 13.2 Å². The summed E-state index contributed by atoms with van der Waals surface area (Å²) in [5.41, 5.74) is 0.154. The zero-order valence-electron chi connectivity index (χ0n) is 12.5. The van der Waals surface area contributed by atoms with Gasteiger partial charge in [0.05, 0.1) is 0 Å². The molecule has 0 aromatic heterocycles. The van der Waals surface area contributed by atoms with Crippen molar-refractivity contribution in [3.8, 4) is 11.1 Å². The highest BCUT2D eigenvalue weighted by atomic mass is 19.4. The SMILES string of the molecule is C[N+]1(c2ccc(F)cc2-c2ccc(F)cc2)C=CC(C(F)(F)F)=N1. The van der Waals surface area contributed by atoms with Crippen molar-refractivity contribution in [1.82, 2.24) is 4.59 Å². The minimum absolute atomic E-state index is 0.342. The maximum absolute atomic E-state index is 13.7. The molecular formula is C17H12F5N2+. The van der Waals surface area contributed by atoms with Gasteiger partial charge in [-0.05, 0) is 29.8 Å². The van der Waals surface area contributed by atoms with E-state index in [2.05, 4.69) is 5.10 Å². The molecule has 7 heteroatoms. The van der Waals surface area contributed by atoms with Crippen LogP contribution in [0.1, 0.15) is 0 Å². The molecule has 0 bridgehead atoms. The van der Waals surface area contributed by atoms with Crippen LogP contribution < -0.4 is 4.59 Å². The van der Waals surface area contributed by atoms with Crippen molar-refractivity contribution < 1.29 is 22.0 Å². The first kappa shape index (κ1) is 16.3. The van der Waals surface area contributed by atoms with Crippen LogP contribution in [0, 0.1) is 11.6 Å². The van der Waals surface area contributed by atoms with Crippen molar-refractivity contribution in [3.05, 3.63) is 66.4 Å². The molecule has 0 radical (unpaired) electrons. The zero-order valence-corrected chi connectivity index (χ0v) is 12.5. The Morgan fingerprint density at radius 2 is 1.54 bits per heavy atom. The fourth-order valence-corrected chi connectivity index (χ4v) is 2.56. The summed E-state index contributed by atoms with van der Waals surface area (Å²) < 4.78 is 64.8. The first-order valence-corrected chi connectivity index (χ1v) is 6.98. The summed E-state index contributed by atoms with van der Waals surface area (Å²) in [6.07, 6.45) is -2.41. The number of benzene rings is 2. The van der Waals surface area contributed by atoms with Crippen molar-refractivity contribution in [2.24, 2.45) is 5.10 Å². The van der Waals surface area contributed by atoms with E-state index in [0.29, 0.717) is 16.8 Å². The number of hydrogen-bond acceptors (Lipinski definition) is 1. The quantitative estimate of drug-likeness (QED) is 0.538. The van der Waals surface area contributed by atoms with E-state index >= 15 is 0 Å². The lowest BCUT2D eigenvalue weighted by Crippen LogP contribution is -2.32. The number of hydrogen-bond donors (Lipinski definition) is 0. The lowest BCUT2D eigenvalue weighted by Gasteiger charge is -2.23. The van der Waals surface area contributed by atoms with Crippen molar-refractivity contribution in [2.75, 3.05) is 7.05 Å². The third-order valence-corrected chi connectivity index (χ3v) is 3.73. The second-order valence-corrected chi connectivity index (χ2v) is 5.49. The highest BCUT2D eigenvalue weighted by Crippen LogP contribution is 2.38. The molecule has 2 nitrogen and oxygen atoms in total. The molecule has 0 spiro atoms. The minimum Gasteiger partial charge on any atom is -0.207 e. The number of allylic oxidation sites excluding steroid dienone is 1. The van der Waals surface area contributed by atoms with Gasteiger partial charge < -0.3 is 0 Å². The predicted molar refractivity (Wildman–Crippen MR) is 82.1 cm³/mol. The van der Waals surface area contributed by atoms with Crippen LogP contribution in [0.5, 0.6) is 0 Å². The van der Waals surface area contributed by atoms with Gasteiger partial charge in [0.1, 0.15) is 24.9 Å². The predicted octanol–water partition coefficient (Wildman–Crippen LogP) is 5.01. The van der Waals surface area contributed by atoms with E-state index < -0.39 is 28.1 Å². The lowest BCUT2D eigenvalue weighted by atomic mass is 10.0. The van der Waals surface area contributed by atoms with Gasteiger partial charge in [0.25, 0.3) is 0 Å². The Kier molecular flexibility index (Phi) is 3.76. The van der Waals surface area contributed by atoms with E-state index in [-0.39, 0.29) is 0 Å². The molecule has 124 valence electrons. The molecule has 0 aliphatic carbocycles. The highest BCUT2D eigenvalue weighted by Gasteiger charge is 2.43. The summed E-state index contributed by atoms with van der Waals surface area (Å²) in [6, 6.07) is 9.01. The van der Waals surface area contributed by atoms with E-state index in [1.54, 1.807) is 0 Å². The maximum Gasteiger partial charge on any atom is 0.438 e. The number of halogens is 5. The molecule has 1 aliphatic heterocycles. The average molecular weight is 339 g/mol. The largest absolute Gasteiger partial charge is 0.438 e. The van der Waals surface area contributed by atoms with E-state index in [0.717, 1.165) is 12.1 Å². The number of rotatable bonds is 2. The van der Waals surface area contributed by atoms with Crippen molar-refractivity contribution in [2.45, 2.75) is 6.18 Å². The van der Waals surface area contributed by atoms with Gasteiger partial charge in [-0.25, -0.2) is 8.78 Å². The second kappa shape index (κ2) is 5.52. The summed E-state index contributed by atoms with van der Waals surface area (Å²) in [5.74, 6) is -1.01. The normalized spacial score (nSPS) is 20.3. The Labute approximate surface area is 134 Å². The maximum atomic E-state index is 13.7. The zero-order chi connectivity index (χ0) is 17.5. The van der Waals surface area contributed by atoms with E-state index in [1.807, 2.05) is 0 Å². The molecule has 0 saturated carbocycles. The molecule has 1 unspecified atom stereocenters. The molecule has 1 heterocycles. The van der Waals surface area contributed by atoms with Crippen LogP contribution in [0.2, 0.25) is 0 Å². The fraction of sp³-hybridized carbons (Fsp3) is 0.118. The number of alkyl halides is 3. The van der Waals surface area contributed by atoms with E-state index in [9.17, 15) is 22.0 Å². The van der Waals surface area contributed by atoms with Crippen LogP contribution in [-0.4, -0.2) is 18.9 Å². The summed E-state index contributed by atoms with van der Waals surface area (Å²) in [6.45, 7) is 0. The summed E-state index contributed by atoms with van der Waals surface area (Å²) in [4.78, 5) is 0. The van der Waals surface area contributed by atoms with Gasteiger partial charge in [-0.1, -0.05) is 17.2 Å². The van der Waals surface area contributed by atoms with Gasteiger partial charge in [0.2, 0.25) is 5.71 Å². The monoisotopic (exact) mass is 339 g/mol. The van der Waals surface area contributed by atoms with Crippen LogP contribution in [0.15, 0.2) is 59.8 Å². The smallest absolute Gasteiger partial charge is 0.207 e. The van der Waals surface area contributed by atoms with Crippen LogP contribution in [0.3, 0.4) is 0 Å². The number of nitrogens with zero attached hydrogens (tertiary/aromatic N) is 2. The van der Waals surface area contributed by atoms with Crippen LogP contribution in [0.25, 0.3) is 11.1 Å². The molecule has 0 N–H and O–H groups in total. The van der Waals surface area contributed by atoms with Crippen LogP contribution in [-0.2, 0) is 0 Å². The van der Waals surface area contributed by atoms with Gasteiger partial charge in [0, 0.05) is 17.7 Å². The Morgan fingerprint density at radius 3 is 2.12 bits per heavy atom. The second-order valence-electron chi connectivity index (χ2n) is 5.49. The average Bonchev–Trinajstić information content (AvgIpc) is 2.91. The van der Waals surface area contributed by atoms with Crippen molar-refractivity contribution in [1.29, 1.82) is 0 Å². The van der Waals surface area contributed by atoms with Gasteiger partial charge in [0.15, 0.2) is 5.69 Å². The standard InChI is InChI=1S/C17H12F5N2/c1-24(9-8-16(23-24)17(20,21)22)15-7-6-13(19)10-14(15)11-2-4-12(18)5-3-11/h2-10H,1H3/q+1. The minimum atomic E-state index is -4.57. The van der Waals surface area contributed by atoms with E-state index in [1.165, 1.54) is 49.6 Å². The molecule has 1 aliphatic rings. The Morgan fingerprint density at radius 1 is 0.917 bits per heavy atom. The Hall–Kier alpha value is -2.54. The summed E-state index contributed by atoms with van der Waals surface area (Å²) >= 11 is 0. The van der Waals surface area contributed by atoms with Crippen molar-refractivity contribution in [3.63, 3.8) is 0 Å². The van der Waals surface area contributed by atoms with Crippen molar-refractivity contribution >= 4 is 11.4 Å². The molecule has 1 atom stereocenters. The third kappa shape index (κ3) is 2.94. The lowest BCUT2D eigenvalue weighted by molar-refractivity contribution is -0.0581. The summed E-state index contributed by atoms with van der Waals surface area (Å²) in [5, 5.41) is 3.72. The topological polar surface area (TPSA) is 12.4 Å². The Balaban J connectivity index is 2.15. The molecule has 0 amide bonds. The molecule has 3 rings (SSSR count). The molecular weight excluding hydrogens is 327 g/mol. The summed E-state index contributed by atoms with van der Waals surface area (Å²) in [7, 11) is 1.45. The van der Waals surface area contributed by atoms with Gasteiger partial charge in [-0.3, -0.25) is 0 Å². The molecule has 24 heavy (non-hydrogen) atoms. The molecule has 0 saturated heterocycles. The first-order chi connectivity index (χ1) is 11.2. The van der Waals surface area contributed by atoms with Gasteiger partial charge in [-0.15, -0.1) is 4.59 Å².